The molecule has 0 saturated carbocycles. The highest BCUT2D eigenvalue weighted by Crippen LogP contribution is 2.29. The average molecular weight is 257 g/mol. The van der Waals surface area contributed by atoms with Crippen molar-refractivity contribution < 1.29 is 0 Å². The summed E-state index contributed by atoms with van der Waals surface area (Å²) < 4.78 is 0. The van der Waals surface area contributed by atoms with Crippen LogP contribution in [0.25, 0.3) is 10.9 Å². The maximum Gasteiger partial charge on any atom is 0.0460 e. The van der Waals surface area contributed by atoms with Gasteiger partial charge in [0, 0.05) is 30.2 Å². The third-order valence-electron chi connectivity index (χ3n) is 3.99. The Morgan fingerprint density at radius 1 is 1.16 bits per heavy atom. The number of unbranched alkanes of at least 4 members (excludes halogenated alkanes) is 1. The van der Waals surface area contributed by atoms with Gasteiger partial charge in [0.2, 0.25) is 0 Å². The van der Waals surface area contributed by atoms with Crippen LogP contribution in [0.5, 0.6) is 0 Å². The molecule has 2 aromatic rings. The number of rotatable bonds is 5. The molecule has 1 aromatic carbocycles. The smallest absolute Gasteiger partial charge is 0.0460 e. The van der Waals surface area contributed by atoms with Gasteiger partial charge >= 0.3 is 0 Å². The normalized spacial score (nSPS) is 15.5. The Hall–Kier alpha value is -1.32. The molecule has 0 amide bonds. The molecule has 3 nitrogen and oxygen atoms in total. The maximum absolute atomic E-state index is 3.39. The summed E-state index contributed by atoms with van der Waals surface area (Å²) in [5.74, 6) is 0. The minimum Gasteiger partial charge on any atom is -0.361 e. The van der Waals surface area contributed by atoms with Crippen LogP contribution in [0.2, 0.25) is 0 Å². The van der Waals surface area contributed by atoms with Gasteiger partial charge in [-0.3, -0.25) is 4.90 Å². The van der Waals surface area contributed by atoms with Gasteiger partial charge in [-0.15, -0.1) is 0 Å². The second kappa shape index (κ2) is 5.35. The number of aromatic amines is 1. The topological polar surface area (TPSA) is 22.3 Å². The zero-order valence-electron chi connectivity index (χ0n) is 11.9. The summed E-state index contributed by atoms with van der Waals surface area (Å²) in [5.41, 5.74) is 4.23. The summed E-state index contributed by atoms with van der Waals surface area (Å²) in [6, 6.07) is 6.61. The molecule has 19 heavy (non-hydrogen) atoms. The molecule has 0 atom stereocenters. The van der Waals surface area contributed by atoms with E-state index in [9.17, 15) is 0 Å². The zero-order valence-corrected chi connectivity index (χ0v) is 11.9. The highest BCUT2D eigenvalue weighted by molar-refractivity contribution is 5.87. The molecule has 0 unspecified atom stereocenters. The summed E-state index contributed by atoms with van der Waals surface area (Å²) in [7, 11) is 4.29. The highest BCUT2D eigenvalue weighted by Gasteiger charge is 2.18. The average Bonchev–Trinajstić information content (AvgIpc) is 2.80. The molecule has 2 heterocycles. The van der Waals surface area contributed by atoms with Gasteiger partial charge in [0.15, 0.2) is 0 Å². The van der Waals surface area contributed by atoms with Crippen LogP contribution in [-0.2, 0) is 13.1 Å². The SMILES string of the molecule is CN(C)CCCCN1Cc2cccc3[nH]cc(c23)C1. The molecule has 1 aliphatic heterocycles. The Morgan fingerprint density at radius 2 is 2.00 bits per heavy atom. The van der Waals surface area contributed by atoms with Gasteiger partial charge in [-0.05, 0) is 57.2 Å². The second-order valence-corrected chi connectivity index (χ2v) is 5.87. The van der Waals surface area contributed by atoms with Crippen LogP contribution in [0, 0.1) is 0 Å². The van der Waals surface area contributed by atoms with E-state index < -0.39 is 0 Å². The fourth-order valence-electron chi connectivity index (χ4n) is 3.05. The van der Waals surface area contributed by atoms with Crippen molar-refractivity contribution in [2.24, 2.45) is 0 Å². The molecule has 3 rings (SSSR count). The molecule has 0 aliphatic carbocycles. The Balaban J connectivity index is 1.63. The van der Waals surface area contributed by atoms with Crippen molar-refractivity contribution in [2.45, 2.75) is 25.9 Å². The molecular formula is C16H23N3. The number of hydrogen-bond acceptors (Lipinski definition) is 2. The van der Waals surface area contributed by atoms with Crippen LogP contribution in [0.3, 0.4) is 0 Å². The third-order valence-corrected chi connectivity index (χ3v) is 3.99. The standard InChI is InChI=1S/C16H23N3/c1-18(2)8-3-4-9-19-11-13-6-5-7-15-16(13)14(12-19)10-17-15/h5-7,10,17H,3-4,8-9,11-12H2,1-2H3. The molecule has 0 radical (unpaired) electrons. The lowest BCUT2D eigenvalue weighted by atomic mass is 10.0. The minimum absolute atomic E-state index is 1.10. The van der Waals surface area contributed by atoms with E-state index in [0.29, 0.717) is 0 Å². The van der Waals surface area contributed by atoms with Gasteiger partial charge in [0.1, 0.15) is 0 Å². The summed E-state index contributed by atoms with van der Waals surface area (Å²) in [6.07, 6.45) is 4.75. The van der Waals surface area contributed by atoms with Gasteiger partial charge in [-0.2, -0.15) is 0 Å². The lowest BCUT2D eigenvalue weighted by Crippen LogP contribution is -2.27. The van der Waals surface area contributed by atoms with Crippen LogP contribution in [0.15, 0.2) is 24.4 Å². The lowest BCUT2D eigenvalue weighted by Gasteiger charge is -2.27. The van der Waals surface area contributed by atoms with Crippen molar-refractivity contribution in [3.63, 3.8) is 0 Å². The number of H-pyrrole nitrogens is 1. The lowest BCUT2D eigenvalue weighted by molar-refractivity contribution is 0.242. The molecule has 3 heteroatoms. The summed E-state index contributed by atoms with van der Waals surface area (Å²) >= 11 is 0. The number of hydrogen-bond donors (Lipinski definition) is 1. The monoisotopic (exact) mass is 257 g/mol. The molecule has 1 aromatic heterocycles. The van der Waals surface area contributed by atoms with E-state index in [1.54, 1.807) is 0 Å². The first-order valence-electron chi connectivity index (χ1n) is 7.19. The van der Waals surface area contributed by atoms with E-state index in [-0.39, 0.29) is 0 Å². The van der Waals surface area contributed by atoms with Crippen LogP contribution in [0.1, 0.15) is 24.0 Å². The number of nitrogens with one attached hydrogen (secondary N) is 1. The quantitative estimate of drug-likeness (QED) is 0.832. The zero-order chi connectivity index (χ0) is 13.2. The van der Waals surface area contributed by atoms with E-state index in [0.717, 1.165) is 13.1 Å². The molecule has 0 spiro atoms. The van der Waals surface area contributed by atoms with Gasteiger partial charge < -0.3 is 9.88 Å². The minimum atomic E-state index is 1.10. The van der Waals surface area contributed by atoms with E-state index in [1.807, 2.05) is 0 Å². The van der Waals surface area contributed by atoms with Gasteiger partial charge in [-0.25, -0.2) is 0 Å². The number of aromatic nitrogens is 1. The highest BCUT2D eigenvalue weighted by atomic mass is 15.1. The predicted molar refractivity (Wildman–Crippen MR) is 80.2 cm³/mol. The molecule has 0 bridgehead atoms. The van der Waals surface area contributed by atoms with Crippen molar-refractivity contribution >= 4 is 10.9 Å². The fourth-order valence-corrected chi connectivity index (χ4v) is 3.05. The van der Waals surface area contributed by atoms with Crippen LogP contribution < -0.4 is 0 Å². The van der Waals surface area contributed by atoms with Gasteiger partial charge in [0.25, 0.3) is 0 Å². The largest absolute Gasteiger partial charge is 0.361 e. The van der Waals surface area contributed by atoms with E-state index in [4.69, 9.17) is 0 Å². The summed E-state index contributed by atoms with van der Waals surface area (Å²) in [5, 5.41) is 1.46. The van der Waals surface area contributed by atoms with E-state index >= 15 is 0 Å². The van der Waals surface area contributed by atoms with E-state index in [1.165, 1.54) is 48.0 Å². The van der Waals surface area contributed by atoms with Crippen molar-refractivity contribution in [3.8, 4) is 0 Å². The van der Waals surface area contributed by atoms with Gasteiger partial charge in [-0.1, -0.05) is 12.1 Å². The maximum atomic E-state index is 3.39. The first kappa shape index (κ1) is 12.7. The Morgan fingerprint density at radius 3 is 2.84 bits per heavy atom. The van der Waals surface area contributed by atoms with Crippen molar-refractivity contribution in [2.75, 3.05) is 27.2 Å². The molecule has 1 aliphatic rings. The number of nitrogens with zero attached hydrogens (tertiary/aromatic N) is 2. The Kier molecular flexibility index (Phi) is 3.58. The van der Waals surface area contributed by atoms with Crippen LogP contribution >= 0.6 is 0 Å². The predicted octanol–water partition coefficient (Wildman–Crippen LogP) is 2.83. The Bertz CT molecular complexity index is 556. The van der Waals surface area contributed by atoms with Crippen molar-refractivity contribution in [3.05, 3.63) is 35.5 Å². The first-order valence-corrected chi connectivity index (χ1v) is 7.19. The number of benzene rings is 1. The molecule has 0 fully saturated rings. The van der Waals surface area contributed by atoms with Crippen LogP contribution in [-0.4, -0.2) is 42.0 Å². The first-order chi connectivity index (χ1) is 9.24. The van der Waals surface area contributed by atoms with Crippen molar-refractivity contribution in [1.82, 2.24) is 14.8 Å². The second-order valence-electron chi connectivity index (χ2n) is 5.87. The van der Waals surface area contributed by atoms with Crippen LogP contribution in [0.4, 0.5) is 0 Å². The molecule has 102 valence electrons. The molecule has 0 saturated heterocycles. The molecule has 1 N–H and O–H groups in total. The summed E-state index contributed by atoms with van der Waals surface area (Å²) in [6.45, 7) is 4.59. The third kappa shape index (κ3) is 2.67. The van der Waals surface area contributed by atoms with Gasteiger partial charge in [0.05, 0.1) is 0 Å². The van der Waals surface area contributed by atoms with E-state index in [2.05, 4.69) is 53.3 Å². The van der Waals surface area contributed by atoms with Crippen molar-refractivity contribution in [1.29, 1.82) is 0 Å². The Labute approximate surface area is 115 Å². The molecular weight excluding hydrogens is 234 g/mol. The fraction of sp³-hybridized carbons (Fsp3) is 0.500. The summed E-state index contributed by atoms with van der Waals surface area (Å²) in [4.78, 5) is 8.22.